The molecule has 1 aromatic heterocycles. The van der Waals surface area contributed by atoms with Crippen LogP contribution in [0.15, 0.2) is 36.4 Å². The molecule has 7 heteroatoms. The minimum absolute atomic E-state index is 0.0274. The van der Waals surface area contributed by atoms with Crippen LogP contribution >= 0.6 is 0 Å². The summed E-state index contributed by atoms with van der Waals surface area (Å²) in [6.45, 7) is 3.93. The molecule has 0 aliphatic rings. The number of anilines is 1. The van der Waals surface area contributed by atoms with Crippen molar-refractivity contribution in [3.8, 4) is 11.4 Å². The van der Waals surface area contributed by atoms with Gasteiger partial charge >= 0.3 is 0 Å². The number of halogens is 2. The molecular formula is C17H14F2N4O. The highest BCUT2D eigenvalue weighted by atomic mass is 19.1. The standard InChI is InChI=1S/C17H14F2N4O/c1-9-3-4-14(10(2)5-9)15-20-17(23-22-15)21-16(24)11-6-12(18)8-13(19)7-11/h3-8H,1-2H3,(H2,20,21,22,23,24). The zero-order valence-electron chi connectivity index (χ0n) is 13.0. The maximum atomic E-state index is 13.2. The van der Waals surface area contributed by atoms with E-state index in [0.717, 1.165) is 28.8 Å². The Balaban J connectivity index is 1.82. The van der Waals surface area contributed by atoms with Crippen molar-refractivity contribution in [2.24, 2.45) is 0 Å². The number of aryl methyl sites for hydroxylation is 2. The molecule has 122 valence electrons. The van der Waals surface area contributed by atoms with E-state index >= 15 is 0 Å². The Kier molecular flexibility index (Phi) is 4.07. The fraction of sp³-hybridized carbons (Fsp3) is 0.118. The number of hydrogen-bond donors (Lipinski definition) is 2. The van der Waals surface area contributed by atoms with Crippen molar-refractivity contribution in [1.82, 2.24) is 15.2 Å². The molecule has 0 aliphatic heterocycles. The van der Waals surface area contributed by atoms with E-state index in [1.165, 1.54) is 0 Å². The lowest BCUT2D eigenvalue weighted by atomic mass is 10.1. The second-order valence-electron chi connectivity index (χ2n) is 5.44. The van der Waals surface area contributed by atoms with E-state index in [2.05, 4.69) is 20.5 Å². The fourth-order valence-electron chi connectivity index (χ4n) is 2.38. The molecule has 24 heavy (non-hydrogen) atoms. The maximum absolute atomic E-state index is 13.2. The molecule has 2 N–H and O–H groups in total. The Morgan fingerprint density at radius 3 is 2.46 bits per heavy atom. The maximum Gasteiger partial charge on any atom is 0.258 e. The van der Waals surface area contributed by atoms with Gasteiger partial charge in [0.2, 0.25) is 5.95 Å². The first-order valence-electron chi connectivity index (χ1n) is 7.20. The van der Waals surface area contributed by atoms with Crippen molar-refractivity contribution in [2.75, 3.05) is 5.32 Å². The summed E-state index contributed by atoms with van der Waals surface area (Å²) in [5, 5.41) is 9.06. The molecule has 0 bridgehead atoms. The Hall–Kier alpha value is -3.09. The van der Waals surface area contributed by atoms with E-state index in [1.807, 2.05) is 32.0 Å². The van der Waals surface area contributed by atoms with E-state index in [9.17, 15) is 13.6 Å². The molecule has 0 spiro atoms. The van der Waals surface area contributed by atoms with Crippen molar-refractivity contribution < 1.29 is 13.6 Å². The van der Waals surface area contributed by atoms with Crippen molar-refractivity contribution in [3.63, 3.8) is 0 Å². The average molecular weight is 328 g/mol. The molecule has 0 radical (unpaired) electrons. The number of rotatable bonds is 3. The van der Waals surface area contributed by atoms with Crippen molar-refractivity contribution >= 4 is 11.9 Å². The Labute approximate surface area is 136 Å². The van der Waals surface area contributed by atoms with Gasteiger partial charge in [-0.05, 0) is 31.5 Å². The van der Waals surface area contributed by atoms with Crippen LogP contribution in [-0.4, -0.2) is 21.1 Å². The normalized spacial score (nSPS) is 10.7. The van der Waals surface area contributed by atoms with Crippen LogP contribution < -0.4 is 5.32 Å². The van der Waals surface area contributed by atoms with Gasteiger partial charge in [0, 0.05) is 17.2 Å². The summed E-state index contributed by atoms with van der Waals surface area (Å²) in [7, 11) is 0. The molecule has 0 aliphatic carbocycles. The molecule has 0 saturated heterocycles. The molecular weight excluding hydrogens is 314 g/mol. The van der Waals surface area contributed by atoms with Crippen LogP contribution in [0.5, 0.6) is 0 Å². The van der Waals surface area contributed by atoms with Crippen LogP contribution in [-0.2, 0) is 0 Å². The number of hydrogen-bond acceptors (Lipinski definition) is 3. The minimum Gasteiger partial charge on any atom is -0.289 e. The quantitative estimate of drug-likeness (QED) is 0.771. The van der Waals surface area contributed by atoms with E-state index in [1.54, 1.807) is 0 Å². The first kappa shape index (κ1) is 15.8. The van der Waals surface area contributed by atoms with Gasteiger partial charge in [-0.2, -0.15) is 4.98 Å². The second-order valence-corrected chi connectivity index (χ2v) is 5.44. The fourth-order valence-corrected chi connectivity index (χ4v) is 2.38. The summed E-state index contributed by atoms with van der Waals surface area (Å²) in [6.07, 6.45) is 0. The van der Waals surface area contributed by atoms with Gasteiger partial charge in [0.1, 0.15) is 11.6 Å². The summed E-state index contributed by atoms with van der Waals surface area (Å²) in [5.41, 5.74) is 2.84. The molecule has 2 aromatic carbocycles. The van der Waals surface area contributed by atoms with Gasteiger partial charge in [-0.25, -0.2) is 8.78 Å². The zero-order valence-corrected chi connectivity index (χ0v) is 13.0. The number of benzene rings is 2. The molecule has 0 unspecified atom stereocenters. The molecule has 1 amide bonds. The van der Waals surface area contributed by atoms with Crippen LogP contribution in [0.3, 0.4) is 0 Å². The highest BCUT2D eigenvalue weighted by Crippen LogP contribution is 2.21. The molecule has 0 fully saturated rings. The third-order valence-corrected chi connectivity index (χ3v) is 3.47. The summed E-state index contributed by atoms with van der Waals surface area (Å²) in [4.78, 5) is 16.2. The van der Waals surface area contributed by atoms with Crippen LogP contribution in [0.1, 0.15) is 21.5 Å². The van der Waals surface area contributed by atoms with Crippen molar-refractivity contribution in [1.29, 1.82) is 0 Å². The molecule has 3 aromatic rings. The largest absolute Gasteiger partial charge is 0.289 e. The number of H-pyrrole nitrogens is 1. The summed E-state index contributed by atoms with van der Waals surface area (Å²) in [5.74, 6) is -1.83. The molecule has 0 saturated carbocycles. The number of amides is 1. The average Bonchev–Trinajstić information content (AvgIpc) is 2.94. The summed E-state index contributed by atoms with van der Waals surface area (Å²) < 4.78 is 26.3. The predicted octanol–water partition coefficient (Wildman–Crippen LogP) is 3.62. The van der Waals surface area contributed by atoms with Gasteiger partial charge in [0.25, 0.3) is 5.91 Å². The van der Waals surface area contributed by atoms with Gasteiger partial charge in [-0.15, -0.1) is 5.10 Å². The van der Waals surface area contributed by atoms with Crippen molar-refractivity contribution in [3.05, 3.63) is 64.7 Å². The smallest absolute Gasteiger partial charge is 0.258 e. The summed E-state index contributed by atoms with van der Waals surface area (Å²) >= 11 is 0. The van der Waals surface area contributed by atoms with Crippen molar-refractivity contribution in [2.45, 2.75) is 13.8 Å². The lowest BCUT2D eigenvalue weighted by molar-refractivity contribution is 0.102. The highest BCUT2D eigenvalue weighted by Gasteiger charge is 2.13. The number of aromatic nitrogens is 3. The summed E-state index contributed by atoms with van der Waals surface area (Å²) in [6, 6.07) is 8.43. The lowest BCUT2D eigenvalue weighted by Gasteiger charge is -2.03. The van der Waals surface area contributed by atoms with E-state index in [0.29, 0.717) is 11.9 Å². The van der Waals surface area contributed by atoms with Crippen LogP contribution in [0.25, 0.3) is 11.4 Å². The number of nitrogens with zero attached hydrogens (tertiary/aromatic N) is 2. The van der Waals surface area contributed by atoms with Gasteiger partial charge in [0.05, 0.1) is 0 Å². The lowest BCUT2D eigenvalue weighted by Crippen LogP contribution is -2.13. The van der Waals surface area contributed by atoms with E-state index in [4.69, 9.17) is 0 Å². The SMILES string of the molecule is Cc1ccc(-c2nc(NC(=O)c3cc(F)cc(F)c3)n[nH]2)c(C)c1. The van der Waals surface area contributed by atoms with Gasteiger partial charge in [-0.1, -0.05) is 23.8 Å². The van der Waals surface area contributed by atoms with Gasteiger partial charge in [0.15, 0.2) is 5.82 Å². The zero-order chi connectivity index (χ0) is 17.3. The van der Waals surface area contributed by atoms with Crippen LogP contribution in [0.2, 0.25) is 0 Å². The number of nitrogens with one attached hydrogen (secondary N) is 2. The molecule has 3 rings (SSSR count). The topological polar surface area (TPSA) is 70.7 Å². The highest BCUT2D eigenvalue weighted by molar-refractivity contribution is 6.03. The van der Waals surface area contributed by atoms with Crippen LogP contribution in [0.4, 0.5) is 14.7 Å². The first-order chi connectivity index (χ1) is 11.4. The number of carbonyl (C=O) groups excluding carboxylic acids is 1. The number of aromatic amines is 1. The monoisotopic (exact) mass is 328 g/mol. The van der Waals surface area contributed by atoms with Crippen LogP contribution in [0, 0.1) is 25.5 Å². The first-order valence-corrected chi connectivity index (χ1v) is 7.20. The Morgan fingerprint density at radius 1 is 1.08 bits per heavy atom. The Bertz CT molecular complexity index is 900. The second kappa shape index (κ2) is 6.19. The molecule has 1 heterocycles. The Morgan fingerprint density at radius 2 is 1.79 bits per heavy atom. The third kappa shape index (κ3) is 3.29. The van der Waals surface area contributed by atoms with E-state index < -0.39 is 17.5 Å². The van der Waals surface area contributed by atoms with E-state index in [-0.39, 0.29) is 11.5 Å². The minimum atomic E-state index is -0.828. The molecule has 5 nitrogen and oxygen atoms in total. The number of carbonyl (C=O) groups is 1. The third-order valence-electron chi connectivity index (χ3n) is 3.47. The predicted molar refractivity (Wildman–Crippen MR) is 85.6 cm³/mol. The van der Waals surface area contributed by atoms with Gasteiger partial charge < -0.3 is 0 Å². The van der Waals surface area contributed by atoms with Gasteiger partial charge in [-0.3, -0.25) is 15.2 Å². The molecule has 0 atom stereocenters.